The van der Waals surface area contributed by atoms with Crippen LogP contribution in [0.5, 0.6) is 11.5 Å². The minimum Gasteiger partial charge on any atom is -0.455 e. The lowest BCUT2D eigenvalue weighted by atomic mass is 10.3. The summed E-state index contributed by atoms with van der Waals surface area (Å²) in [6.07, 6.45) is 0. The van der Waals surface area contributed by atoms with Crippen LogP contribution in [0.1, 0.15) is 0 Å². The molecule has 4 heteroatoms. The lowest BCUT2D eigenvalue weighted by Gasteiger charge is -2.03. The van der Waals surface area contributed by atoms with Crippen LogP contribution in [-0.4, -0.2) is 0 Å². The summed E-state index contributed by atoms with van der Waals surface area (Å²) in [6.45, 7) is 0. The Morgan fingerprint density at radius 3 is 2.43 bits per heavy atom. The fraction of sp³-hybridized carbons (Fsp3) is 0. The highest BCUT2D eigenvalue weighted by Gasteiger charge is 2.02. The second kappa shape index (κ2) is 4.34. The van der Waals surface area contributed by atoms with E-state index in [1.54, 1.807) is 23.5 Å². The molecule has 72 valence electrons. The molecule has 1 aromatic heterocycles. The molecule has 1 aromatic carbocycles. The average molecular weight is 290 g/mol. The number of benzene rings is 1. The van der Waals surface area contributed by atoms with Crippen LogP contribution in [0.25, 0.3) is 0 Å². The minimum atomic E-state index is 0.710. The van der Waals surface area contributed by atoms with Crippen molar-refractivity contribution in [2.75, 3.05) is 0 Å². The number of halogens is 2. The van der Waals surface area contributed by atoms with E-state index in [2.05, 4.69) is 15.9 Å². The molecule has 0 fully saturated rings. The molecule has 2 rings (SSSR count). The van der Waals surface area contributed by atoms with E-state index in [4.69, 9.17) is 16.3 Å². The quantitative estimate of drug-likeness (QED) is 0.759. The van der Waals surface area contributed by atoms with Gasteiger partial charge in [0.1, 0.15) is 5.75 Å². The van der Waals surface area contributed by atoms with Gasteiger partial charge < -0.3 is 4.74 Å². The highest BCUT2D eigenvalue weighted by molar-refractivity contribution is 9.10. The molecule has 0 saturated heterocycles. The summed E-state index contributed by atoms with van der Waals surface area (Å²) >= 11 is 10.8. The number of hydrogen-bond acceptors (Lipinski definition) is 2. The predicted molar refractivity (Wildman–Crippen MR) is 63.5 cm³/mol. The molecule has 0 N–H and O–H groups in total. The molecule has 14 heavy (non-hydrogen) atoms. The van der Waals surface area contributed by atoms with Crippen molar-refractivity contribution in [1.29, 1.82) is 0 Å². The normalized spacial score (nSPS) is 10.1. The van der Waals surface area contributed by atoms with E-state index in [9.17, 15) is 0 Å². The van der Waals surface area contributed by atoms with Crippen LogP contribution in [-0.2, 0) is 0 Å². The molecule has 1 nitrogen and oxygen atoms in total. The topological polar surface area (TPSA) is 9.23 Å². The number of ether oxygens (including phenoxy) is 1. The molecular weight excluding hydrogens is 284 g/mol. The standard InChI is InChI=1S/C10H6BrClOS/c11-9-5-14-6-10(9)13-8-3-1-7(12)2-4-8/h1-6H. The van der Waals surface area contributed by atoms with Gasteiger partial charge in [0, 0.05) is 15.8 Å². The van der Waals surface area contributed by atoms with Crippen LogP contribution < -0.4 is 4.74 Å². The summed E-state index contributed by atoms with van der Waals surface area (Å²) in [7, 11) is 0. The van der Waals surface area contributed by atoms with E-state index in [0.717, 1.165) is 16.0 Å². The van der Waals surface area contributed by atoms with Crippen molar-refractivity contribution < 1.29 is 4.74 Å². The Morgan fingerprint density at radius 1 is 1.14 bits per heavy atom. The van der Waals surface area contributed by atoms with Crippen molar-refractivity contribution in [2.24, 2.45) is 0 Å². The SMILES string of the molecule is Clc1ccc(Oc2cscc2Br)cc1. The van der Waals surface area contributed by atoms with Crippen molar-refractivity contribution in [3.05, 3.63) is 44.5 Å². The van der Waals surface area contributed by atoms with Gasteiger partial charge in [-0.25, -0.2) is 0 Å². The Kier molecular flexibility index (Phi) is 3.11. The van der Waals surface area contributed by atoms with Gasteiger partial charge in [0.2, 0.25) is 0 Å². The minimum absolute atomic E-state index is 0.710. The van der Waals surface area contributed by atoms with Gasteiger partial charge in [-0.2, -0.15) is 0 Å². The molecule has 0 atom stereocenters. The molecule has 0 aliphatic rings. The van der Waals surface area contributed by atoms with Crippen LogP contribution in [0.2, 0.25) is 5.02 Å². The second-order valence-electron chi connectivity index (χ2n) is 2.64. The Bertz CT molecular complexity index is 424. The maximum atomic E-state index is 5.76. The molecule has 0 bridgehead atoms. The molecule has 0 spiro atoms. The van der Waals surface area contributed by atoms with Gasteiger partial charge in [-0.05, 0) is 40.2 Å². The van der Waals surface area contributed by atoms with Gasteiger partial charge in [0.15, 0.2) is 5.75 Å². The van der Waals surface area contributed by atoms with Gasteiger partial charge in [-0.3, -0.25) is 0 Å². The molecule has 0 unspecified atom stereocenters. The highest BCUT2D eigenvalue weighted by atomic mass is 79.9. The van der Waals surface area contributed by atoms with Gasteiger partial charge >= 0.3 is 0 Å². The summed E-state index contributed by atoms with van der Waals surface area (Å²) in [6, 6.07) is 7.28. The third kappa shape index (κ3) is 2.29. The number of thiophene rings is 1. The van der Waals surface area contributed by atoms with E-state index in [0.29, 0.717) is 5.02 Å². The van der Waals surface area contributed by atoms with Crippen LogP contribution in [0, 0.1) is 0 Å². The first kappa shape index (κ1) is 10.0. The van der Waals surface area contributed by atoms with Crippen molar-refractivity contribution >= 4 is 38.9 Å². The van der Waals surface area contributed by atoms with Gasteiger partial charge in [-0.15, -0.1) is 11.3 Å². The third-order valence-electron chi connectivity index (χ3n) is 1.62. The van der Waals surface area contributed by atoms with Crippen LogP contribution in [0.4, 0.5) is 0 Å². The first-order valence-corrected chi connectivity index (χ1v) is 6.02. The van der Waals surface area contributed by atoms with E-state index in [-0.39, 0.29) is 0 Å². The second-order valence-corrected chi connectivity index (χ2v) is 4.67. The average Bonchev–Trinajstić information content (AvgIpc) is 2.56. The van der Waals surface area contributed by atoms with Crippen LogP contribution >= 0.6 is 38.9 Å². The lowest BCUT2D eigenvalue weighted by Crippen LogP contribution is -1.81. The summed E-state index contributed by atoms with van der Waals surface area (Å²) in [5.41, 5.74) is 0. The molecule has 1 heterocycles. The number of hydrogen-bond donors (Lipinski definition) is 0. The monoisotopic (exact) mass is 288 g/mol. The molecule has 0 saturated carbocycles. The first-order valence-electron chi connectivity index (χ1n) is 3.91. The molecule has 0 aliphatic carbocycles. The fourth-order valence-electron chi connectivity index (χ4n) is 0.972. The van der Waals surface area contributed by atoms with E-state index < -0.39 is 0 Å². The highest BCUT2D eigenvalue weighted by Crippen LogP contribution is 2.33. The zero-order valence-electron chi connectivity index (χ0n) is 7.04. The Morgan fingerprint density at radius 2 is 1.86 bits per heavy atom. The summed E-state index contributed by atoms with van der Waals surface area (Å²) in [4.78, 5) is 0. The van der Waals surface area contributed by atoms with Crippen LogP contribution in [0.3, 0.4) is 0 Å². The molecule has 0 amide bonds. The Balaban J connectivity index is 2.19. The largest absolute Gasteiger partial charge is 0.455 e. The fourth-order valence-corrected chi connectivity index (χ4v) is 2.37. The van der Waals surface area contributed by atoms with Gasteiger partial charge in [-0.1, -0.05) is 11.6 Å². The Hall–Kier alpha value is -0.510. The molecule has 0 aliphatic heterocycles. The summed E-state index contributed by atoms with van der Waals surface area (Å²) in [5, 5.41) is 4.63. The molecule has 2 aromatic rings. The first-order chi connectivity index (χ1) is 6.75. The summed E-state index contributed by atoms with van der Waals surface area (Å²) < 4.78 is 6.58. The summed E-state index contributed by atoms with van der Waals surface area (Å²) in [5.74, 6) is 1.62. The van der Waals surface area contributed by atoms with Crippen molar-refractivity contribution in [2.45, 2.75) is 0 Å². The Labute approximate surface area is 99.4 Å². The maximum Gasteiger partial charge on any atom is 0.152 e. The van der Waals surface area contributed by atoms with E-state index in [1.807, 2.05) is 22.9 Å². The smallest absolute Gasteiger partial charge is 0.152 e. The van der Waals surface area contributed by atoms with E-state index in [1.165, 1.54) is 0 Å². The van der Waals surface area contributed by atoms with Crippen LogP contribution in [0.15, 0.2) is 39.5 Å². The maximum absolute atomic E-state index is 5.76. The number of rotatable bonds is 2. The molecular formula is C10H6BrClOS. The lowest BCUT2D eigenvalue weighted by molar-refractivity contribution is 0.482. The molecule has 0 radical (unpaired) electrons. The van der Waals surface area contributed by atoms with Gasteiger partial charge in [0.25, 0.3) is 0 Å². The van der Waals surface area contributed by atoms with Gasteiger partial charge in [0.05, 0.1) is 4.47 Å². The van der Waals surface area contributed by atoms with Crippen molar-refractivity contribution in [3.8, 4) is 11.5 Å². The van der Waals surface area contributed by atoms with Crippen molar-refractivity contribution in [1.82, 2.24) is 0 Å². The van der Waals surface area contributed by atoms with Crippen molar-refractivity contribution in [3.63, 3.8) is 0 Å². The zero-order chi connectivity index (χ0) is 9.97. The van der Waals surface area contributed by atoms with E-state index >= 15 is 0 Å². The third-order valence-corrected chi connectivity index (χ3v) is 3.52. The predicted octanol–water partition coefficient (Wildman–Crippen LogP) is 4.96. The zero-order valence-corrected chi connectivity index (χ0v) is 10.2.